The molecule has 0 saturated heterocycles. The fourth-order valence-corrected chi connectivity index (χ4v) is 2.87. The number of nitrogens with one attached hydrogen (secondary N) is 2. The number of H-pyrrole nitrogens is 1. The van der Waals surface area contributed by atoms with Gasteiger partial charge in [-0.15, -0.1) is 10.2 Å². The SMILES string of the molecule is C(=N/Nc1nnc2c(n1)[nH]c1ccccc12)/c1ccc2c(c1)OCCO2. The Morgan fingerprint density at radius 1 is 1.04 bits per heavy atom. The lowest BCUT2D eigenvalue weighted by Crippen LogP contribution is -2.15. The van der Waals surface area contributed by atoms with E-state index in [1.165, 1.54) is 0 Å². The third kappa shape index (κ3) is 2.57. The van der Waals surface area contributed by atoms with E-state index in [1.807, 2.05) is 42.5 Å². The molecule has 5 rings (SSSR count). The maximum atomic E-state index is 5.56. The first kappa shape index (κ1) is 14.6. The Hall–Kier alpha value is -3.68. The van der Waals surface area contributed by atoms with Gasteiger partial charge in [0.15, 0.2) is 17.1 Å². The number of nitrogens with zero attached hydrogens (tertiary/aromatic N) is 4. The highest BCUT2D eigenvalue weighted by atomic mass is 16.6. The van der Waals surface area contributed by atoms with Gasteiger partial charge in [-0.05, 0) is 29.8 Å². The lowest BCUT2D eigenvalue weighted by molar-refractivity contribution is 0.171. The summed E-state index contributed by atoms with van der Waals surface area (Å²) >= 11 is 0. The fraction of sp³-hybridized carbons (Fsp3) is 0.111. The van der Waals surface area contributed by atoms with Crippen LogP contribution in [0.3, 0.4) is 0 Å². The third-order valence-corrected chi connectivity index (χ3v) is 4.07. The van der Waals surface area contributed by atoms with E-state index in [0.29, 0.717) is 24.8 Å². The van der Waals surface area contributed by atoms with Crippen molar-refractivity contribution < 1.29 is 9.47 Å². The van der Waals surface area contributed by atoms with Crippen molar-refractivity contribution >= 4 is 34.2 Å². The van der Waals surface area contributed by atoms with Crippen molar-refractivity contribution in [1.82, 2.24) is 20.2 Å². The van der Waals surface area contributed by atoms with Crippen molar-refractivity contribution in [2.45, 2.75) is 0 Å². The highest BCUT2D eigenvalue weighted by Gasteiger charge is 2.11. The molecular weight excluding hydrogens is 332 g/mol. The summed E-state index contributed by atoms with van der Waals surface area (Å²) in [6, 6.07) is 13.5. The number of aromatic amines is 1. The number of hydrogen-bond acceptors (Lipinski definition) is 7. The van der Waals surface area contributed by atoms with Crippen LogP contribution in [-0.2, 0) is 0 Å². The molecule has 2 aromatic heterocycles. The van der Waals surface area contributed by atoms with Gasteiger partial charge in [0.2, 0.25) is 0 Å². The highest BCUT2D eigenvalue weighted by Crippen LogP contribution is 2.30. The van der Waals surface area contributed by atoms with E-state index in [1.54, 1.807) is 6.21 Å². The van der Waals surface area contributed by atoms with E-state index < -0.39 is 0 Å². The molecule has 0 bridgehead atoms. The van der Waals surface area contributed by atoms with Crippen LogP contribution in [0, 0.1) is 0 Å². The van der Waals surface area contributed by atoms with Gasteiger partial charge >= 0.3 is 0 Å². The summed E-state index contributed by atoms with van der Waals surface area (Å²) in [6.45, 7) is 1.12. The zero-order valence-corrected chi connectivity index (χ0v) is 13.6. The second kappa shape index (κ2) is 5.99. The van der Waals surface area contributed by atoms with Crippen LogP contribution in [0.2, 0.25) is 0 Å². The van der Waals surface area contributed by atoms with Crippen molar-refractivity contribution in [1.29, 1.82) is 0 Å². The molecule has 8 nitrogen and oxygen atoms in total. The molecule has 1 aliphatic rings. The van der Waals surface area contributed by atoms with Gasteiger partial charge in [-0.2, -0.15) is 10.1 Å². The monoisotopic (exact) mass is 346 g/mol. The molecule has 0 saturated carbocycles. The van der Waals surface area contributed by atoms with Crippen molar-refractivity contribution in [3.8, 4) is 11.5 Å². The normalized spacial score (nSPS) is 13.5. The molecule has 0 aliphatic carbocycles. The van der Waals surface area contributed by atoms with Crippen molar-refractivity contribution in [3.63, 3.8) is 0 Å². The highest BCUT2D eigenvalue weighted by molar-refractivity contribution is 6.03. The summed E-state index contributed by atoms with van der Waals surface area (Å²) in [4.78, 5) is 7.64. The van der Waals surface area contributed by atoms with Gasteiger partial charge in [0.1, 0.15) is 18.7 Å². The minimum atomic E-state index is 0.317. The van der Waals surface area contributed by atoms with E-state index in [9.17, 15) is 0 Å². The molecule has 0 radical (unpaired) electrons. The lowest BCUT2D eigenvalue weighted by atomic mass is 10.2. The molecule has 0 spiro atoms. The minimum absolute atomic E-state index is 0.317. The van der Waals surface area contributed by atoms with Gasteiger partial charge in [0, 0.05) is 10.9 Å². The summed E-state index contributed by atoms with van der Waals surface area (Å²) in [6.07, 6.45) is 1.66. The first-order valence-corrected chi connectivity index (χ1v) is 8.17. The number of hydrogen-bond donors (Lipinski definition) is 2. The number of rotatable bonds is 3. The van der Waals surface area contributed by atoms with Gasteiger partial charge in [-0.1, -0.05) is 18.2 Å². The number of hydrazone groups is 1. The Balaban J connectivity index is 1.37. The van der Waals surface area contributed by atoms with Gasteiger partial charge in [-0.3, -0.25) is 0 Å². The van der Waals surface area contributed by atoms with Crippen LogP contribution in [0.15, 0.2) is 47.6 Å². The van der Waals surface area contributed by atoms with E-state index in [-0.39, 0.29) is 0 Å². The second-order valence-electron chi connectivity index (χ2n) is 5.78. The topological polar surface area (TPSA) is 97.3 Å². The zero-order chi connectivity index (χ0) is 17.3. The van der Waals surface area contributed by atoms with Crippen LogP contribution in [0.25, 0.3) is 22.1 Å². The molecule has 0 atom stereocenters. The van der Waals surface area contributed by atoms with Gasteiger partial charge in [0.25, 0.3) is 5.95 Å². The molecule has 0 fully saturated rings. The summed E-state index contributed by atoms with van der Waals surface area (Å²) in [5, 5.41) is 13.5. The maximum Gasteiger partial charge on any atom is 0.265 e. The average Bonchev–Trinajstić information content (AvgIpc) is 3.06. The van der Waals surface area contributed by atoms with Gasteiger partial charge < -0.3 is 14.5 Å². The molecule has 4 aromatic rings. The van der Waals surface area contributed by atoms with E-state index in [0.717, 1.165) is 33.5 Å². The molecule has 128 valence electrons. The van der Waals surface area contributed by atoms with Crippen LogP contribution < -0.4 is 14.9 Å². The Morgan fingerprint density at radius 2 is 1.92 bits per heavy atom. The molecule has 8 heteroatoms. The van der Waals surface area contributed by atoms with Crippen molar-refractivity contribution in [2.75, 3.05) is 18.6 Å². The molecular formula is C18H14N6O2. The average molecular weight is 346 g/mol. The zero-order valence-electron chi connectivity index (χ0n) is 13.6. The quantitative estimate of drug-likeness (QED) is 0.437. The predicted octanol–water partition coefficient (Wildman–Crippen LogP) is 2.72. The van der Waals surface area contributed by atoms with Crippen LogP contribution in [0.1, 0.15) is 5.56 Å². The molecule has 0 amide bonds. The van der Waals surface area contributed by atoms with Gasteiger partial charge in [0.05, 0.1) is 6.21 Å². The third-order valence-electron chi connectivity index (χ3n) is 4.07. The molecule has 3 heterocycles. The summed E-state index contributed by atoms with van der Waals surface area (Å²) in [5.74, 6) is 1.79. The smallest absolute Gasteiger partial charge is 0.265 e. The number of fused-ring (bicyclic) bond motifs is 4. The predicted molar refractivity (Wildman–Crippen MR) is 97.8 cm³/mol. The first-order chi connectivity index (χ1) is 12.9. The number of aromatic nitrogens is 4. The van der Waals surface area contributed by atoms with Crippen LogP contribution >= 0.6 is 0 Å². The van der Waals surface area contributed by atoms with E-state index in [2.05, 4.69) is 30.7 Å². The maximum absolute atomic E-state index is 5.56. The van der Waals surface area contributed by atoms with Gasteiger partial charge in [-0.25, -0.2) is 5.43 Å². The Labute approximate surface area is 147 Å². The van der Waals surface area contributed by atoms with Crippen LogP contribution in [0.5, 0.6) is 11.5 Å². The largest absolute Gasteiger partial charge is 0.486 e. The first-order valence-electron chi connectivity index (χ1n) is 8.17. The summed E-state index contributed by atoms with van der Waals surface area (Å²) in [7, 11) is 0. The standard InChI is InChI=1S/C18H14N6O2/c1-2-4-13-12(3-1)16-17(20-13)21-18(24-22-16)23-19-10-11-5-6-14-15(9-11)26-8-7-25-14/h1-6,9-10H,7-8H2,(H2,20,21,23,24)/b19-10-. The number of para-hydroxylation sites is 1. The summed E-state index contributed by atoms with van der Waals surface area (Å²) in [5.41, 5.74) is 6.05. The van der Waals surface area contributed by atoms with E-state index in [4.69, 9.17) is 9.47 Å². The molecule has 0 unspecified atom stereocenters. The Bertz CT molecular complexity index is 1140. The van der Waals surface area contributed by atoms with Crippen molar-refractivity contribution in [2.24, 2.45) is 5.10 Å². The van der Waals surface area contributed by atoms with Crippen molar-refractivity contribution in [3.05, 3.63) is 48.0 Å². The number of ether oxygens (including phenoxy) is 2. The Kier molecular flexibility index (Phi) is 3.38. The second-order valence-corrected chi connectivity index (χ2v) is 5.78. The molecule has 2 N–H and O–H groups in total. The number of benzene rings is 2. The molecule has 26 heavy (non-hydrogen) atoms. The minimum Gasteiger partial charge on any atom is -0.486 e. The van der Waals surface area contributed by atoms with Crippen LogP contribution in [-0.4, -0.2) is 39.6 Å². The molecule has 1 aliphatic heterocycles. The fourth-order valence-electron chi connectivity index (χ4n) is 2.87. The number of anilines is 1. The van der Waals surface area contributed by atoms with E-state index >= 15 is 0 Å². The summed E-state index contributed by atoms with van der Waals surface area (Å²) < 4.78 is 11.1. The lowest BCUT2D eigenvalue weighted by Gasteiger charge is -2.18. The molecule has 2 aromatic carbocycles. The van der Waals surface area contributed by atoms with Crippen LogP contribution in [0.4, 0.5) is 5.95 Å². The Morgan fingerprint density at radius 3 is 2.88 bits per heavy atom.